The zero-order valence-corrected chi connectivity index (χ0v) is 15.1. The highest BCUT2D eigenvalue weighted by atomic mass is 19.3. The van der Waals surface area contributed by atoms with Crippen molar-refractivity contribution in [3.63, 3.8) is 0 Å². The minimum atomic E-state index is -3.43. The summed E-state index contributed by atoms with van der Waals surface area (Å²) in [6, 6.07) is 0. The van der Waals surface area contributed by atoms with Crippen molar-refractivity contribution in [1.82, 2.24) is 24.8 Å². The van der Waals surface area contributed by atoms with E-state index in [0.717, 1.165) is 10.9 Å². The number of rotatable bonds is 7. The zero-order chi connectivity index (χ0) is 20.7. The summed E-state index contributed by atoms with van der Waals surface area (Å²) >= 11 is 0. The number of alkyl halides is 2. The van der Waals surface area contributed by atoms with Crippen LogP contribution < -0.4 is 16.8 Å². The van der Waals surface area contributed by atoms with Gasteiger partial charge < -0.3 is 31.5 Å². The van der Waals surface area contributed by atoms with Gasteiger partial charge in [-0.2, -0.15) is 0 Å². The highest BCUT2D eigenvalue weighted by Gasteiger charge is 2.68. The van der Waals surface area contributed by atoms with E-state index >= 15 is 0 Å². The number of hydrogen-bond acceptors (Lipinski definition) is 10. The third-order valence-electron chi connectivity index (χ3n) is 5.01. The number of nitrogen functional groups attached to an aromatic ring is 1. The molecule has 3 heterocycles. The first-order valence-corrected chi connectivity index (χ1v) is 8.55. The van der Waals surface area contributed by atoms with Gasteiger partial charge >= 0.3 is 0 Å². The summed E-state index contributed by atoms with van der Waals surface area (Å²) < 4.78 is 35.8. The Balaban J connectivity index is 2.21. The molecule has 0 saturated carbocycles. The van der Waals surface area contributed by atoms with Crippen LogP contribution in [0.3, 0.4) is 0 Å². The Morgan fingerprint density at radius 1 is 1.39 bits per heavy atom. The zero-order valence-electron chi connectivity index (χ0n) is 15.1. The van der Waals surface area contributed by atoms with E-state index < -0.39 is 49.0 Å². The highest BCUT2D eigenvalue weighted by molar-refractivity contribution is 5.81. The van der Waals surface area contributed by atoms with Gasteiger partial charge in [-0.1, -0.05) is 0 Å². The first-order chi connectivity index (χ1) is 13.2. The number of nitrogens with zero attached hydrogens (tertiary/aromatic N) is 4. The predicted molar refractivity (Wildman–Crippen MR) is 92.9 cm³/mol. The molecule has 0 unspecified atom stereocenters. The van der Waals surface area contributed by atoms with Crippen molar-refractivity contribution in [2.24, 2.45) is 5.73 Å². The Kier molecular flexibility index (Phi) is 5.24. The average Bonchev–Trinajstić information content (AvgIpc) is 3.15. The number of nitrogens with one attached hydrogen (secondary N) is 1. The smallest absolute Gasteiger partial charge is 0.252 e. The SMILES string of the molecule is CN[C@@]1(n2cnc3c(N)ncnc32)O[C@H](CO)[C@@H](O)[C@]1(O)CC(F)(F)CCN. The Hall–Kier alpha value is -2.03. The van der Waals surface area contributed by atoms with E-state index in [9.17, 15) is 24.1 Å². The molecule has 4 atom stereocenters. The molecule has 0 aromatic carbocycles. The van der Waals surface area contributed by atoms with E-state index in [1.807, 2.05) is 0 Å². The Bertz CT molecular complexity index is 853. The number of fused-ring (bicyclic) bond motifs is 1. The van der Waals surface area contributed by atoms with Crippen molar-refractivity contribution >= 4 is 17.0 Å². The quantitative estimate of drug-likeness (QED) is 0.306. The molecule has 1 saturated heterocycles. The van der Waals surface area contributed by atoms with Gasteiger partial charge in [0.1, 0.15) is 30.4 Å². The van der Waals surface area contributed by atoms with Crippen molar-refractivity contribution in [3.05, 3.63) is 12.7 Å². The van der Waals surface area contributed by atoms with Crippen LogP contribution in [0.4, 0.5) is 14.6 Å². The summed E-state index contributed by atoms with van der Waals surface area (Å²) in [5, 5.41) is 34.1. The van der Waals surface area contributed by atoms with Crippen LogP contribution >= 0.6 is 0 Å². The maximum Gasteiger partial charge on any atom is 0.252 e. The molecule has 2 aromatic rings. The van der Waals surface area contributed by atoms with Gasteiger partial charge in [-0.05, 0) is 13.6 Å². The fourth-order valence-corrected chi connectivity index (χ4v) is 3.69. The molecule has 8 N–H and O–H groups in total. The number of likely N-dealkylation sites (N-methyl/N-ethyl adjacent to an activating group) is 1. The first-order valence-electron chi connectivity index (χ1n) is 8.55. The number of ether oxygens (including phenoxy) is 1. The topological polar surface area (TPSA) is 178 Å². The second-order valence-corrected chi connectivity index (χ2v) is 6.72. The lowest BCUT2D eigenvalue weighted by Crippen LogP contribution is -2.65. The minimum absolute atomic E-state index is 0.0317. The largest absolute Gasteiger partial charge is 0.394 e. The molecule has 1 fully saturated rings. The lowest BCUT2D eigenvalue weighted by atomic mass is 9.83. The van der Waals surface area contributed by atoms with Crippen LogP contribution in [0.2, 0.25) is 0 Å². The van der Waals surface area contributed by atoms with Gasteiger partial charge in [0.15, 0.2) is 17.1 Å². The average molecular weight is 403 g/mol. The summed E-state index contributed by atoms with van der Waals surface area (Å²) in [6.45, 7) is -1.05. The number of aromatic nitrogens is 4. The number of aliphatic hydroxyl groups is 3. The second kappa shape index (κ2) is 7.09. The molecule has 0 aliphatic carbocycles. The van der Waals surface area contributed by atoms with Gasteiger partial charge in [0.05, 0.1) is 6.61 Å². The van der Waals surface area contributed by atoms with Gasteiger partial charge in [0, 0.05) is 12.8 Å². The van der Waals surface area contributed by atoms with Gasteiger partial charge in [-0.15, -0.1) is 0 Å². The predicted octanol–water partition coefficient (Wildman–Crippen LogP) is -1.90. The summed E-state index contributed by atoms with van der Waals surface area (Å²) in [5.41, 5.74) is 8.66. The number of imidazole rings is 1. The molecule has 13 heteroatoms. The Morgan fingerprint density at radius 3 is 2.71 bits per heavy atom. The minimum Gasteiger partial charge on any atom is -0.394 e. The number of anilines is 1. The standard InChI is InChI=1S/C15H23F2N7O4/c1-20-15(24-7-23-9-11(19)21-6-22-12(9)24)14(27,5-13(16,17)2-3-18)10(26)8(4-25)28-15/h6-8,10,20,25-27H,2-5,18H2,1H3,(H2,19,21,22)/t8-,10-,14-,15+/m1/s1. The molecular formula is C15H23F2N7O4. The third-order valence-corrected chi connectivity index (χ3v) is 5.01. The molecule has 28 heavy (non-hydrogen) atoms. The monoisotopic (exact) mass is 403 g/mol. The molecule has 2 aromatic heterocycles. The van der Waals surface area contributed by atoms with Gasteiger partial charge in [0.25, 0.3) is 5.92 Å². The summed E-state index contributed by atoms with van der Waals surface area (Å²) in [7, 11) is 1.34. The van der Waals surface area contributed by atoms with Gasteiger partial charge in [-0.3, -0.25) is 9.88 Å². The van der Waals surface area contributed by atoms with E-state index in [4.69, 9.17) is 16.2 Å². The molecular weight excluding hydrogens is 380 g/mol. The molecule has 156 valence electrons. The normalized spacial score (nSPS) is 31.0. The van der Waals surface area contributed by atoms with Crippen LogP contribution in [0, 0.1) is 0 Å². The van der Waals surface area contributed by atoms with E-state index in [1.165, 1.54) is 13.4 Å². The fraction of sp³-hybridized carbons (Fsp3) is 0.667. The maximum absolute atomic E-state index is 14.5. The van der Waals surface area contributed by atoms with Crippen LogP contribution in [-0.2, 0) is 10.6 Å². The van der Waals surface area contributed by atoms with Gasteiger partial charge in [0.2, 0.25) is 5.85 Å². The second-order valence-electron chi connectivity index (χ2n) is 6.72. The Morgan fingerprint density at radius 2 is 2.11 bits per heavy atom. The van der Waals surface area contributed by atoms with E-state index in [0.29, 0.717) is 0 Å². The Labute approximate surface area is 158 Å². The number of hydrogen-bond donors (Lipinski definition) is 6. The number of aliphatic hydroxyl groups excluding tert-OH is 2. The molecule has 11 nitrogen and oxygen atoms in total. The molecule has 0 spiro atoms. The lowest BCUT2D eigenvalue weighted by molar-refractivity contribution is -0.235. The summed E-state index contributed by atoms with van der Waals surface area (Å²) in [6.07, 6.45) is -2.82. The van der Waals surface area contributed by atoms with Crippen molar-refractivity contribution < 1.29 is 28.8 Å². The van der Waals surface area contributed by atoms with Crippen molar-refractivity contribution in [2.45, 2.75) is 42.4 Å². The summed E-state index contributed by atoms with van der Waals surface area (Å²) in [5.74, 6) is -5.53. The number of nitrogens with two attached hydrogens (primary N) is 2. The molecule has 1 aliphatic rings. The summed E-state index contributed by atoms with van der Waals surface area (Å²) in [4.78, 5) is 11.9. The van der Waals surface area contributed by atoms with E-state index in [1.54, 1.807) is 0 Å². The lowest BCUT2D eigenvalue weighted by Gasteiger charge is -2.43. The molecule has 0 bridgehead atoms. The molecule has 0 amide bonds. The van der Waals surface area contributed by atoms with Crippen molar-refractivity contribution in [3.8, 4) is 0 Å². The van der Waals surface area contributed by atoms with Crippen molar-refractivity contribution in [1.29, 1.82) is 0 Å². The maximum atomic E-state index is 14.5. The van der Waals surface area contributed by atoms with Crippen LogP contribution in [0.5, 0.6) is 0 Å². The van der Waals surface area contributed by atoms with Crippen molar-refractivity contribution in [2.75, 3.05) is 25.9 Å². The van der Waals surface area contributed by atoms with Crippen LogP contribution in [0.1, 0.15) is 12.8 Å². The third kappa shape index (κ3) is 2.91. The van der Waals surface area contributed by atoms with Crippen LogP contribution in [-0.4, -0.2) is 78.8 Å². The van der Waals surface area contributed by atoms with E-state index in [-0.39, 0.29) is 23.5 Å². The number of halogens is 2. The molecule has 3 rings (SSSR count). The first kappa shape index (κ1) is 20.7. The van der Waals surface area contributed by atoms with Gasteiger partial charge in [-0.25, -0.2) is 23.7 Å². The van der Waals surface area contributed by atoms with E-state index in [2.05, 4.69) is 20.3 Å². The highest BCUT2D eigenvalue weighted by Crippen LogP contribution is 2.48. The van der Waals surface area contributed by atoms with Crippen LogP contribution in [0.15, 0.2) is 12.7 Å². The molecule has 0 radical (unpaired) electrons. The fourth-order valence-electron chi connectivity index (χ4n) is 3.69. The van der Waals surface area contributed by atoms with Crippen LogP contribution in [0.25, 0.3) is 11.2 Å². The molecule has 1 aliphatic heterocycles.